The highest BCUT2D eigenvalue weighted by molar-refractivity contribution is 6.08. The van der Waals surface area contributed by atoms with Crippen LogP contribution in [0, 0.1) is 5.92 Å². The van der Waals surface area contributed by atoms with Gasteiger partial charge in [-0.1, -0.05) is 146 Å². The van der Waals surface area contributed by atoms with Gasteiger partial charge in [0.1, 0.15) is 23.4 Å². The number of rotatable bonds is 7. The quantitative estimate of drug-likeness (QED) is 0.0940. The summed E-state index contributed by atoms with van der Waals surface area (Å²) in [6.45, 7) is 4.30. The highest BCUT2D eigenvalue weighted by Crippen LogP contribution is 2.46. The lowest BCUT2D eigenvalue weighted by Crippen LogP contribution is -2.17. The number of hydrogen-bond donors (Lipinski definition) is 4. The van der Waals surface area contributed by atoms with Crippen molar-refractivity contribution < 1.29 is 30.0 Å². The highest BCUT2D eigenvalue weighted by atomic mass is 16.5. The van der Waals surface area contributed by atoms with E-state index in [9.17, 15) is 25.2 Å². The summed E-state index contributed by atoms with van der Waals surface area (Å²) in [6, 6.07) is 45.8. The molecule has 4 N–H and O–H groups in total. The van der Waals surface area contributed by atoms with Crippen molar-refractivity contribution in [2.75, 3.05) is 7.11 Å². The molecule has 330 valence electrons. The van der Waals surface area contributed by atoms with Crippen molar-refractivity contribution in [3.8, 4) is 0 Å². The summed E-state index contributed by atoms with van der Waals surface area (Å²) in [5.41, 5.74) is 13.7. The number of allylic oxidation sites excluding steroid dienone is 13. The molecule has 4 aliphatic carbocycles. The summed E-state index contributed by atoms with van der Waals surface area (Å²) in [5, 5.41) is 45.9. The Labute approximate surface area is 386 Å². The molecule has 0 aliphatic heterocycles. The normalized spacial score (nSPS) is 20.6. The van der Waals surface area contributed by atoms with Crippen molar-refractivity contribution in [3.05, 3.63) is 232 Å². The topological polar surface area (TPSA) is 107 Å². The molecule has 6 nitrogen and oxygen atoms in total. The van der Waals surface area contributed by atoms with E-state index in [4.69, 9.17) is 4.74 Å². The summed E-state index contributed by atoms with van der Waals surface area (Å²) in [5.74, 6) is 1.20. The van der Waals surface area contributed by atoms with Gasteiger partial charge in [-0.15, -0.1) is 0 Å². The second-order valence-electron chi connectivity index (χ2n) is 17.6. The van der Waals surface area contributed by atoms with Crippen LogP contribution < -0.4 is 0 Å². The van der Waals surface area contributed by atoms with Crippen molar-refractivity contribution in [2.45, 2.75) is 58.0 Å². The van der Waals surface area contributed by atoms with E-state index in [-0.39, 0.29) is 29.5 Å². The van der Waals surface area contributed by atoms with Crippen LogP contribution in [0.25, 0.3) is 49.4 Å². The van der Waals surface area contributed by atoms with Crippen LogP contribution in [0.1, 0.15) is 85.3 Å². The molecule has 0 saturated carbocycles. The Morgan fingerprint density at radius 3 is 1.86 bits per heavy atom. The largest absolute Gasteiger partial charge is 0.515 e. The van der Waals surface area contributed by atoms with Gasteiger partial charge in [-0.2, -0.15) is 0 Å². The fraction of sp³-hybridized carbons (Fsp3) is 0.183. The summed E-state index contributed by atoms with van der Waals surface area (Å²) in [6.07, 6.45) is 13.1. The Morgan fingerprint density at radius 2 is 1.21 bits per heavy atom. The molecule has 6 aromatic rings. The molecule has 3 atom stereocenters. The van der Waals surface area contributed by atoms with Gasteiger partial charge in [-0.3, -0.25) is 4.79 Å². The molecule has 0 spiro atoms. The number of ketones is 1. The minimum absolute atomic E-state index is 0.0368. The van der Waals surface area contributed by atoms with Gasteiger partial charge in [0.15, 0.2) is 5.78 Å². The van der Waals surface area contributed by atoms with E-state index >= 15 is 0 Å². The van der Waals surface area contributed by atoms with Gasteiger partial charge in [0.2, 0.25) is 0 Å². The minimum Gasteiger partial charge on any atom is -0.515 e. The Hall–Kier alpha value is -7.41. The number of hydrogen-bond acceptors (Lipinski definition) is 6. The summed E-state index contributed by atoms with van der Waals surface area (Å²) in [7, 11) is 1.60. The molecule has 6 aromatic carbocycles. The van der Waals surface area contributed by atoms with Crippen LogP contribution in [-0.2, 0) is 9.53 Å². The van der Waals surface area contributed by atoms with Crippen molar-refractivity contribution in [3.63, 3.8) is 0 Å². The van der Waals surface area contributed by atoms with Crippen LogP contribution in [0.4, 0.5) is 0 Å². The van der Waals surface area contributed by atoms with Crippen molar-refractivity contribution in [1.29, 1.82) is 0 Å². The van der Waals surface area contributed by atoms with Gasteiger partial charge in [0.05, 0.1) is 11.8 Å². The van der Waals surface area contributed by atoms with Crippen LogP contribution in [0.15, 0.2) is 199 Å². The number of methoxy groups -OCH3 is 1. The third-order valence-corrected chi connectivity index (χ3v) is 13.6. The summed E-state index contributed by atoms with van der Waals surface area (Å²) >= 11 is 0. The zero-order chi connectivity index (χ0) is 45.9. The molecule has 0 heterocycles. The van der Waals surface area contributed by atoms with E-state index in [1.54, 1.807) is 19.3 Å². The van der Waals surface area contributed by atoms with E-state index in [0.717, 1.165) is 68.0 Å². The SMILES string of the molecule is CC1=C(c2cccc3cccc(C4=CC(c5ccccc5)=C(O)C[C@@H]4C)c23)C[C@@H](c2ccccc2)C(O)=C1.CO[C@@H]1CC(c2cccc3cccc(C4=CC(=CO)C(=O)CC4)c23)=CC=C1O. The van der Waals surface area contributed by atoms with Crippen molar-refractivity contribution in [2.24, 2.45) is 5.92 Å². The van der Waals surface area contributed by atoms with E-state index in [2.05, 4.69) is 105 Å². The molecule has 0 saturated heterocycles. The second kappa shape index (κ2) is 19.0. The van der Waals surface area contributed by atoms with Gasteiger partial charge in [0, 0.05) is 37.9 Å². The van der Waals surface area contributed by atoms with Crippen LogP contribution in [0.2, 0.25) is 0 Å². The van der Waals surface area contributed by atoms with Gasteiger partial charge in [0.25, 0.3) is 0 Å². The summed E-state index contributed by atoms with van der Waals surface area (Å²) < 4.78 is 5.41. The lowest BCUT2D eigenvalue weighted by Gasteiger charge is -2.28. The molecule has 0 unspecified atom stereocenters. The third-order valence-electron chi connectivity index (χ3n) is 13.6. The molecule has 0 amide bonds. The molecule has 66 heavy (non-hydrogen) atoms. The average molecular weight is 871 g/mol. The molecule has 10 rings (SSSR count). The molecule has 0 radical (unpaired) electrons. The summed E-state index contributed by atoms with van der Waals surface area (Å²) in [4.78, 5) is 12.0. The molecule has 6 heteroatoms. The van der Waals surface area contributed by atoms with Crippen LogP contribution in [0.3, 0.4) is 0 Å². The zero-order valence-corrected chi connectivity index (χ0v) is 37.5. The molecule has 0 bridgehead atoms. The van der Waals surface area contributed by atoms with Gasteiger partial charge < -0.3 is 25.2 Å². The third kappa shape index (κ3) is 8.60. The first-order valence-electron chi connectivity index (χ1n) is 22.7. The molecule has 0 aromatic heterocycles. The fourth-order valence-electron chi connectivity index (χ4n) is 10.1. The maximum absolute atomic E-state index is 12.0. The predicted octanol–water partition coefficient (Wildman–Crippen LogP) is 14.9. The smallest absolute Gasteiger partial charge is 0.166 e. The lowest BCUT2D eigenvalue weighted by atomic mass is 9.77. The van der Waals surface area contributed by atoms with Gasteiger partial charge in [-0.05, 0) is 133 Å². The number of aliphatic hydroxyl groups is 4. The van der Waals surface area contributed by atoms with Crippen LogP contribution >= 0.6 is 0 Å². The Bertz CT molecular complexity index is 3110. The lowest BCUT2D eigenvalue weighted by molar-refractivity contribution is -0.115. The number of aliphatic hydroxyl groups excluding tert-OH is 4. The maximum atomic E-state index is 12.0. The van der Waals surface area contributed by atoms with Crippen molar-refractivity contribution in [1.82, 2.24) is 0 Å². The Morgan fingerprint density at radius 1 is 0.606 bits per heavy atom. The molecular weight excluding hydrogens is 817 g/mol. The average Bonchev–Trinajstić information content (AvgIpc) is 3.34. The molecular formula is C60H54O6. The first kappa shape index (κ1) is 43.8. The first-order valence-corrected chi connectivity index (χ1v) is 22.7. The first-order chi connectivity index (χ1) is 32.1. The number of fused-ring (bicyclic) bond motifs is 2. The number of carbonyl (C=O) groups excluding carboxylic acids is 1. The monoisotopic (exact) mass is 870 g/mol. The predicted molar refractivity (Wildman–Crippen MR) is 270 cm³/mol. The second-order valence-corrected chi connectivity index (χ2v) is 17.6. The van der Waals surface area contributed by atoms with E-state index in [0.29, 0.717) is 42.8 Å². The highest BCUT2D eigenvalue weighted by Gasteiger charge is 2.28. The maximum Gasteiger partial charge on any atom is 0.166 e. The molecule has 0 fully saturated rings. The fourth-order valence-corrected chi connectivity index (χ4v) is 10.1. The van der Waals surface area contributed by atoms with Crippen LogP contribution in [0.5, 0.6) is 0 Å². The van der Waals surface area contributed by atoms with E-state index < -0.39 is 0 Å². The van der Waals surface area contributed by atoms with E-state index in [1.807, 2.05) is 60.7 Å². The zero-order valence-electron chi connectivity index (χ0n) is 37.5. The number of ether oxygens (including phenoxy) is 1. The van der Waals surface area contributed by atoms with Gasteiger partial charge in [-0.25, -0.2) is 0 Å². The van der Waals surface area contributed by atoms with Crippen molar-refractivity contribution >= 4 is 55.2 Å². The number of carbonyl (C=O) groups is 1. The molecule has 4 aliphatic rings. The van der Waals surface area contributed by atoms with E-state index in [1.165, 1.54) is 33.0 Å². The minimum atomic E-state index is -0.349. The number of Topliss-reactive ketones (excluding diaryl/α,β-unsaturated/α-hetero) is 1. The standard InChI is InChI=1S/C36H32O2.C24H22O4/c1-23-19-34(37)32(25-11-5-3-6-12-25)21-30(23)28-17-9-15-27-16-10-18-29(36(27)28)31-22-33(35(38)20-24(31)2)26-13-7-4-8-14-26;1-28-23-13-17(9-11-22(23)27)20-7-3-5-15-4-2-6-19(24(15)20)16-8-10-21(26)18(12-16)14-25/h3-19,22,24,32,37-38H,20-21H2,1-2H3;2-7,9,11-12,14,23,25,27H,8,10,13H2,1H3/t24-,32-;23-/m01/s1. The number of benzene rings is 6. The van der Waals surface area contributed by atoms with Crippen LogP contribution in [-0.4, -0.2) is 39.4 Å². The van der Waals surface area contributed by atoms with Gasteiger partial charge >= 0.3 is 0 Å². The Balaban J connectivity index is 0.000000174. The Kier molecular flexibility index (Phi) is 12.6.